The van der Waals surface area contributed by atoms with Crippen molar-refractivity contribution in [2.45, 2.75) is 18.4 Å². The molecule has 1 rings (SSSR count). The van der Waals surface area contributed by atoms with Crippen LogP contribution in [0.3, 0.4) is 0 Å². The number of hydrogen-bond donors (Lipinski definition) is 3. The first kappa shape index (κ1) is 15.6. The molecule has 0 radical (unpaired) electrons. The van der Waals surface area contributed by atoms with E-state index < -0.39 is 25.0 Å². The molecule has 0 aliphatic carbocycles. The van der Waals surface area contributed by atoms with Gasteiger partial charge in [0.25, 0.3) is 0 Å². The molecular weight excluding hydrogens is 268 g/mol. The third-order valence-corrected chi connectivity index (χ3v) is 2.35. The van der Waals surface area contributed by atoms with Gasteiger partial charge in [0.05, 0.1) is 12.6 Å². The summed E-state index contributed by atoms with van der Waals surface area (Å²) in [7, 11) is 0. The maximum Gasteiger partial charge on any atom is 0.330 e. The summed E-state index contributed by atoms with van der Waals surface area (Å²) in [6.45, 7) is -1.74. The number of nitrogen functional groups attached to an aromatic ring is 1. The number of rotatable bonds is 7. The highest BCUT2D eigenvalue weighted by atomic mass is 19.3. The Morgan fingerprint density at radius 1 is 1.42 bits per heavy atom. The van der Waals surface area contributed by atoms with E-state index in [4.69, 9.17) is 11.6 Å². The molecule has 0 aliphatic rings. The molecule has 1 atom stereocenters. The van der Waals surface area contributed by atoms with Crippen molar-refractivity contribution in [1.29, 1.82) is 0 Å². The molecule has 0 fully saturated rings. The van der Waals surface area contributed by atoms with Crippen molar-refractivity contribution in [2.24, 2.45) is 5.84 Å². The van der Waals surface area contributed by atoms with Crippen LogP contribution < -0.4 is 17.0 Å². The van der Waals surface area contributed by atoms with Crippen LogP contribution in [-0.2, 0) is 4.74 Å². The minimum absolute atomic E-state index is 0.148. The summed E-state index contributed by atoms with van der Waals surface area (Å²) in [6, 6.07) is 2.42. The van der Waals surface area contributed by atoms with Crippen LogP contribution in [0.2, 0.25) is 0 Å². The van der Waals surface area contributed by atoms with E-state index >= 15 is 0 Å². The van der Waals surface area contributed by atoms with E-state index in [0.717, 1.165) is 0 Å². The number of hydrogen-bond acceptors (Lipinski definition) is 5. The third kappa shape index (κ3) is 4.30. The molecule has 0 bridgehead atoms. The fraction of sp³-hybridized carbons (Fsp3) is 0.500. The summed E-state index contributed by atoms with van der Waals surface area (Å²) in [5, 5.41) is 0. The van der Waals surface area contributed by atoms with Gasteiger partial charge in [-0.2, -0.15) is 8.78 Å². The molecule has 1 heterocycles. The van der Waals surface area contributed by atoms with E-state index in [2.05, 4.69) is 15.1 Å². The Bertz CT molecular complexity index is 405. The highest BCUT2D eigenvalue weighted by molar-refractivity contribution is 5.40. The van der Waals surface area contributed by atoms with Gasteiger partial charge in [-0.05, 0) is 6.07 Å². The first-order valence-corrected chi connectivity index (χ1v) is 5.28. The van der Waals surface area contributed by atoms with Crippen molar-refractivity contribution in [3.63, 3.8) is 0 Å². The van der Waals surface area contributed by atoms with Gasteiger partial charge in [-0.1, -0.05) is 6.07 Å². The van der Waals surface area contributed by atoms with Gasteiger partial charge in [-0.15, -0.1) is 0 Å². The first-order chi connectivity index (χ1) is 8.88. The van der Waals surface area contributed by atoms with Gasteiger partial charge < -0.3 is 10.5 Å². The lowest BCUT2D eigenvalue weighted by molar-refractivity contribution is -0.167. The van der Waals surface area contributed by atoms with Gasteiger partial charge in [0.2, 0.25) is 0 Å². The predicted octanol–water partition coefficient (Wildman–Crippen LogP) is 1.09. The molecule has 9 heteroatoms. The summed E-state index contributed by atoms with van der Waals surface area (Å²) in [6.07, 6.45) is -2.33. The van der Waals surface area contributed by atoms with Crippen LogP contribution in [0.4, 0.5) is 23.4 Å². The zero-order valence-electron chi connectivity index (χ0n) is 9.82. The van der Waals surface area contributed by atoms with Crippen molar-refractivity contribution in [3.8, 4) is 0 Å². The number of halogens is 4. The van der Waals surface area contributed by atoms with Crippen molar-refractivity contribution >= 4 is 5.82 Å². The van der Waals surface area contributed by atoms with Gasteiger partial charge in [0.1, 0.15) is 12.4 Å². The number of alkyl halides is 4. The average molecular weight is 282 g/mol. The van der Waals surface area contributed by atoms with Gasteiger partial charge in [-0.3, -0.25) is 11.3 Å². The highest BCUT2D eigenvalue weighted by Gasteiger charge is 2.41. The molecule has 19 heavy (non-hydrogen) atoms. The maximum atomic E-state index is 12.6. The van der Waals surface area contributed by atoms with Crippen LogP contribution in [0.15, 0.2) is 18.3 Å². The molecular formula is C10H14F4N4O. The molecule has 0 saturated carbocycles. The topological polar surface area (TPSA) is 86.2 Å². The number of ether oxygens (including phenoxy) is 1. The standard InChI is InChI=1S/C10H14F4N4O/c11-9(12)10(13,14)5-19-4-7(18-16)6-2-1-3-17-8(6)15/h1-3,7,9,18H,4-5,16H2,(H2,15,17). The lowest BCUT2D eigenvalue weighted by Gasteiger charge is -2.20. The number of nitrogens with two attached hydrogens (primary N) is 2. The fourth-order valence-electron chi connectivity index (χ4n) is 1.33. The largest absolute Gasteiger partial charge is 0.383 e. The molecule has 0 aliphatic heterocycles. The van der Waals surface area contributed by atoms with Crippen LogP contribution in [0.5, 0.6) is 0 Å². The van der Waals surface area contributed by atoms with Crippen LogP contribution in [0.1, 0.15) is 11.6 Å². The molecule has 0 saturated heterocycles. The van der Waals surface area contributed by atoms with Gasteiger partial charge in [0, 0.05) is 11.8 Å². The normalized spacial score (nSPS) is 13.8. The summed E-state index contributed by atoms with van der Waals surface area (Å²) in [5.41, 5.74) is 8.31. The fourth-order valence-corrected chi connectivity index (χ4v) is 1.33. The quantitative estimate of drug-likeness (QED) is 0.396. The van der Waals surface area contributed by atoms with E-state index in [-0.39, 0.29) is 12.4 Å². The van der Waals surface area contributed by atoms with Crippen LogP contribution >= 0.6 is 0 Å². The Hall–Kier alpha value is -1.45. The second kappa shape index (κ2) is 6.64. The van der Waals surface area contributed by atoms with E-state index in [1.54, 1.807) is 12.1 Å². The Morgan fingerprint density at radius 2 is 2.11 bits per heavy atom. The Kier molecular flexibility index (Phi) is 5.45. The van der Waals surface area contributed by atoms with Crippen LogP contribution in [-0.4, -0.2) is 30.5 Å². The molecule has 1 aromatic heterocycles. The summed E-state index contributed by atoms with van der Waals surface area (Å²) in [5.74, 6) is 1.19. The summed E-state index contributed by atoms with van der Waals surface area (Å²) < 4.78 is 53.6. The van der Waals surface area contributed by atoms with Crippen molar-refractivity contribution in [2.75, 3.05) is 18.9 Å². The molecule has 0 spiro atoms. The Balaban J connectivity index is 2.58. The zero-order valence-corrected chi connectivity index (χ0v) is 9.82. The average Bonchev–Trinajstić information content (AvgIpc) is 2.35. The predicted molar refractivity (Wildman–Crippen MR) is 60.5 cm³/mol. The second-order valence-electron chi connectivity index (χ2n) is 3.77. The van der Waals surface area contributed by atoms with Crippen LogP contribution in [0.25, 0.3) is 0 Å². The number of anilines is 1. The van der Waals surface area contributed by atoms with Crippen molar-refractivity contribution in [1.82, 2.24) is 10.4 Å². The molecule has 1 aromatic rings. The third-order valence-electron chi connectivity index (χ3n) is 2.35. The lowest BCUT2D eigenvalue weighted by Crippen LogP contribution is -2.36. The number of hydrazine groups is 1. The number of nitrogens with zero attached hydrogens (tertiary/aromatic N) is 1. The molecule has 1 unspecified atom stereocenters. The van der Waals surface area contributed by atoms with Gasteiger partial charge in [-0.25, -0.2) is 13.8 Å². The maximum absolute atomic E-state index is 12.6. The lowest BCUT2D eigenvalue weighted by atomic mass is 10.1. The van der Waals surface area contributed by atoms with Gasteiger partial charge in [0.15, 0.2) is 0 Å². The Morgan fingerprint density at radius 3 is 2.63 bits per heavy atom. The van der Waals surface area contributed by atoms with E-state index in [1.165, 1.54) is 6.20 Å². The Labute approximate surface area is 106 Å². The highest BCUT2D eigenvalue weighted by Crippen LogP contribution is 2.24. The molecule has 5 nitrogen and oxygen atoms in total. The molecule has 0 aromatic carbocycles. The monoisotopic (exact) mass is 282 g/mol. The second-order valence-corrected chi connectivity index (χ2v) is 3.77. The number of aromatic nitrogens is 1. The number of pyridine rings is 1. The molecule has 0 amide bonds. The first-order valence-electron chi connectivity index (χ1n) is 5.28. The zero-order chi connectivity index (χ0) is 14.5. The van der Waals surface area contributed by atoms with Gasteiger partial charge >= 0.3 is 12.3 Å². The molecule has 108 valence electrons. The smallest absolute Gasteiger partial charge is 0.330 e. The number of nitrogens with one attached hydrogen (secondary N) is 1. The van der Waals surface area contributed by atoms with Crippen molar-refractivity contribution < 1.29 is 22.3 Å². The minimum atomic E-state index is -4.19. The molecule has 5 N–H and O–H groups in total. The van der Waals surface area contributed by atoms with Crippen molar-refractivity contribution in [3.05, 3.63) is 23.9 Å². The van der Waals surface area contributed by atoms with E-state index in [9.17, 15) is 17.6 Å². The minimum Gasteiger partial charge on any atom is -0.383 e. The summed E-state index contributed by atoms with van der Waals surface area (Å²) in [4.78, 5) is 3.79. The van der Waals surface area contributed by atoms with E-state index in [1.807, 2.05) is 0 Å². The summed E-state index contributed by atoms with van der Waals surface area (Å²) >= 11 is 0. The van der Waals surface area contributed by atoms with Crippen LogP contribution in [0, 0.1) is 0 Å². The SMILES string of the molecule is NNC(COCC(F)(F)C(F)F)c1cccnc1N. The van der Waals surface area contributed by atoms with E-state index in [0.29, 0.717) is 5.56 Å².